The number of nitrogens with one attached hydrogen (secondary N) is 2. The summed E-state index contributed by atoms with van der Waals surface area (Å²) in [6, 6.07) is 20.4. The summed E-state index contributed by atoms with van der Waals surface area (Å²) >= 11 is 0. The van der Waals surface area contributed by atoms with Crippen molar-refractivity contribution >= 4 is 28.9 Å². The van der Waals surface area contributed by atoms with Gasteiger partial charge in [-0.25, -0.2) is 14.6 Å². The summed E-state index contributed by atoms with van der Waals surface area (Å²) in [5.74, 6) is 1.29. The molecule has 190 valence electrons. The van der Waals surface area contributed by atoms with Crippen LogP contribution in [0.15, 0.2) is 79.4 Å². The van der Waals surface area contributed by atoms with E-state index in [1.165, 1.54) is 0 Å². The second-order valence-electron chi connectivity index (χ2n) is 8.61. The van der Waals surface area contributed by atoms with Crippen LogP contribution in [0.3, 0.4) is 0 Å². The molecule has 0 fully saturated rings. The molecule has 4 rings (SSSR count). The SMILES string of the molecule is C=CCNC(=O)Nc1ccc2nc(CCCC)n(Cc3ccc(-c4ccccc4OC(=O)O)cc3)c2c1. The predicted molar refractivity (Wildman–Crippen MR) is 145 cm³/mol. The van der Waals surface area contributed by atoms with Crippen molar-refractivity contribution in [2.45, 2.75) is 32.7 Å². The van der Waals surface area contributed by atoms with Gasteiger partial charge in [0.15, 0.2) is 0 Å². The number of fused-ring (bicyclic) bond motifs is 1. The molecule has 0 aliphatic carbocycles. The van der Waals surface area contributed by atoms with E-state index in [0.717, 1.165) is 47.2 Å². The molecule has 0 aliphatic rings. The first kappa shape index (κ1) is 25.5. The number of rotatable bonds is 10. The summed E-state index contributed by atoms with van der Waals surface area (Å²) < 4.78 is 7.13. The Morgan fingerprint density at radius 3 is 2.62 bits per heavy atom. The molecule has 8 heteroatoms. The van der Waals surface area contributed by atoms with Crippen LogP contribution in [0.5, 0.6) is 5.75 Å². The fourth-order valence-electron chi connectivity index (χ4n) is 4.15. The zero-order chi connectivity index (χ0) is 26.2. The van der Waals surface area contributed by atoms with E-state index >= 15 is 0 Å². The van der Waals surface area contributed by atoms with Gasteiger partial charge in [0.05, 0.1) is 11.0 Å². The number of carbonyl (C=O) groups is 2. The molecule has 8 nitrogen and oxygen atoms in total. The highest BCUT2D eigenvalue weighted by Gasteiger charge is 2.14. The van der Waals surface area contributed by atoms with Gasteiger partial charge in [-0.1, -0.05) is 61.9 Å². The van der Waals surface area contributed by atoms with Gasteiger partial charge in [-0.2, -0.15) is 0 Å². The van der Waals surface area contributed by atoms with Crippen LogP contribution in [0.1, 0.15) is 31.2 Å². The number of unbranched alkanes of at least 4 members (excludes halogenated alkanes) is 1. The molecule has 0 spiro atoms. The maximum Gasteiger partial charge on any atom is 0.511 e. The van der Waals surface area contributed by atoms with Crippen molar-refractivity contribution in [2.24, 2.45) is 0 Å². The van der Waals surface area contributed by atoms with Crippen molar-refractivity contribution in [3.63, 3.8) is 0 Å². The molecule has 0 atom stereocenters. The molecule has 0 saturated carbocycles. The van der Waals surface area contributed by atoms with Crippen molar-refractivity contribution < 1.29 is 19.4 Å². The van der Waals surface area contributed by atoms with E-state index in [-0.39, 0.29) is 6.03 Å². The summed E-state index contributed by atoms with van der Waals surface area (Å²) in [4.78, 5) is 28.1. The number of hydrogen-bond acceptors (Lipinski definition) is 4. The van der Waals surface area contributed by atoms with Crippen LogP contribution in [0.2, 0.25) is 0 Å². The fourth-order valence-corrected chi connectivity index (χ4v) is 4.15. The number of aryl methyl sites for hydroxylation is 1. The van der Waals surface area contributed by atoms with Gasteiger partial charge in [-0.05, 0) is 41.8 Å². The molecule has 0 unspecified atom stereocenters. The van der Waals surface area contributed by atoms with Crippen LogP contribution in [0, 0.1) is 0 Å². The molecule has 37 heavy (non-hydrogen) atoms. The van der Waals surface area contributed by atoms with Gasteiger partial charge in [0.1, 0.15) is 11.6 Å². The number of urea groups is 1. The molecule has 1 aromatic heterocycles. The number of nitrogens with zero attached hydrogens (tertiary/aromatic N) is 2. The lowest BCUT2D eigenvalue weighted by atomic mass is 10.0. The number of ether oxygens (including phenoxy) is 1. The molecule has 0 radical (unpaired) electrons. The van der Waals surface area contributed by atoms with Crippen molar-refractivity contribution in [1.29, 1.82) is 0 Å². The second-order valence-corrected chi connectivity index (χ2v) is 8.61. The normalized spacial score (nSPS) is 10.7. The maximum atomic E-state index is 12.1. The van der Waals surface area contributed by atoms with Crippen LogP contribution in [-0.2, 0) is 13.0 Å². The van der Waals surface area contributed by atoms with E-state index in [0.29, 0.717) is 30.1 Å². The first-order valence-corrected chi connectivity index (χ1v) is 12.2. The van der Waals surface area contributed by atoms with Gasteiger partial charge >= 0.3 is 12.2 Å². The molecule has 1 heterocycles. The van der Waals surface area contributed by atoms with E-state index in [1.807, 2.05) is 54.6 Å². The van der Waals surface area contributed by atoms with E-state index in [4.69, 9.17) is 14.8 Å². The van der Waals surface area contributed by atoms with Gasteiger partial charge in [-0.3, -0.25) is 0 Å². The number of benzene rings is 3. The van der Waals surface area contributed by atoms with E-state index in [9.17, 15) is 9.59 Å². The van der Waals surface area contributed by atoms with E-state index in [1.54, 1.807) is 18.2 Å². The monoisotopic (exact) mass is 498 g/mol. The molecule has 0 aliphatic heterocycles. The molecule has 3 aromatic carbocycles. The Balaban J connectivity index is 1.63. The third-order valence-corrected chi connectivity index (χ3v) is 5.94. The first-order valence-electron chi connectivity index (χ1n) is 12.2. The van der Waals surface area contributed by atoms with Crippen molar-refractivity contribution in [1.82, 2.24) is 14.9 Å². The summed E-state index contributed by atoms with van der Waals surface area (Å²) in [5.41, 5.74) is 5.14. The van der Waals surface area contributed by atoms with Gasteiger partial charge < -0.3 is 25.0 Å². The average Bonchev–Trinajstić information content (AvgIpc) is 3.23. The lowest BCUT2D eigenvalue weighted by Gasteiger charge is -2.12. The Bertz CT molecular complexity index is 1410. The highest BCUT2D eigenvalue weighted by Crippen LogP contribution is 2.30. The van der Waals surface area contributed by atoms with E-state index < -0.39 is 6.16 Å². The number of amides is 2. The number of carbonyl (C=O) groups excluding carboxylic acids is 1. The second kappa shape index (κ2) is 11.9. The quantitative estimate of drug-likeness (QED) is 0.132. The van der Waals surface area contributed by atoms with Crippen molar-refractivity contribution in [3.05, 3.63) is 90.8 Å². The van der Waals surface area contributed by atoms with Crippen LogP contribution in [0.4, 0.5) is 15.3 Å². The van der Waals surface area contributed by atoms with Crippen LogP contribution < -0.4 is 15.4 Å². The van der Waals surface area contributed by atoms with Gasteiger partial charge in [0.2, 0.25) is 0 Å². The Morgan fingerprint density at radius 2 is 1.89 bits per heavy atom. The number of aromatic nitrogens is 2. The Kier molecular flexibility index (Phi) is 8.20. The van der Waals surface area contributed by atoms with Gasteiger partial charge in [0.25, 0.3) is 0 Å². The highest BCUT2D eigenvalue weighted by atomic mass is 16.7. The van der Waals surface area contributed by atoms with E-state index in [2.05, 4.69) is 28.7 Å². The minimum absolute atomic E-state index is 0.292. The number of hydrogen-bond donors (Lipinski definition) is 3. The Hall–Kier alpha value is -4.59. The summed E-state index contributed by atoms with van der Waals surface area (Å²) in [6.45, 7) is 6.76. The number of imidazole rings is 1. The summed E-state index contributed by atoms with van der Waals surface area (Å²) in [5, 5.41) is 14.6. The zero-order valence-electron chi connectivity index (χ0n) is 20.7. The first-order chi connectivity index (χ1) is 18.0. The lowest BCUT2D eigenvalue weighted by molar-refractivity contribution is 0.144. The van der Waals surface area contributed by atoms with Crippen molar-refractivity contribution in [3.8, 4) is 16.9 Å². The maximum absolute atomic E-state index is 12.1. The van der Waals surface area contributed by atoms with Crippen molar-refractivity contribution in [2.75, 3.05) is 11.9 Å². The highest BCUT2D eigenvalue weighted by molar-refractivity contribution is 5.92. The minimum atomic E-state index is -1.34. The standard InChI is InChI=1S/C29H30N4O4/c1-3-5-10-27-32-24-16-15-22(31-28(34)30-17-4-2)18-25(24)33(27)19-20-11-13-21(14-12-20)23-8-6-7-9-26(23)37-29(35)36/h4,6-9,11-16,18H,2-3,5,10,17,19H2,1H3,(H,35,36)(H2,30,31,34). The molecule has 4 aromatic rings. The third kappa shape index (κ3) is 6.35. The molecular weight excluding hydrogens is 468 g/mol. The van der Waals surface area contributed by atoms with Crippen LogP contribution >= 0.6 is 0 Å². The predicted octanol–water partition coefficient (Wildman–Crippen LogP) is 6.46. The number of para-hydroxylation sites is 1. The Labute approximate surface area is 215 Å². The summed E-state index contributed by atoms with van der Waals surface area (Å²) in [7, 11) is 0. The number of carboxylic acid groups (broad SMARTS) is 1. The summed E-state index contributed by atoms with van der Waals surface area (Å²) in [6.07, 6.45) is 3.22. The lowest BCUT2D eigenvalue weighted by Crippen LogP contribution is -2.28. The molecule has 0 saturated heterocycles. The topological polar surface area (TPSA) is 105 Å². The molecular formula is C29H30N4O4. The number of anilines is 1. The molecule has 2 amide bonds. The largest absolute Gasteiger partial charge is 0.511 e. The zero-order valence-corrected chi connectivity index (χ0v) is 20.7. The average molecular weight is 499 g/mol. The van der Waals surface area contributed by atoms with Gasteiger partial charge in [-0.15, -0.1) is 6.58 Å². The van der Waals surface area contributed by atoms with Gasteiger partial charge in [0, 0.05) is 30.8 Å². The minimum Gasteiger partial charge on any atom is -0.449 e. The fraction of sp³-hybridized carbons (Fsp3) is 0.207. The molecule has 0 bridgehead atoms. The third-order valence-electron chi connectivity index (χ3n) is 5.94. The van der Waals surface area contributed by atoms with Crippen LogP contribution in [0.25, 0.3) is 22.2 Å². The molecule has 3 N–H and O–H groups in total. The smallest absolute Gasteiger partial charge is 0.449 e. The van der Waals surface area contributed by atoms with Crippen LogP contribution in [-0.4, -0.2) is 33.4 Å². The Morgan fingerprint density at radius 1 is 1.11 bits per heavy atom.